The largest absolute Gasteiger partial charge is 0.465 e. The zero-order valence-corrected chi connectivity index (χ0v) is 14.8. The topological polar surface area (TPSA) is 68.3 Å². The van der Waals surface area contributed by atoms with E-state index >= 15 is 0 Å². The van der Waals surface area contributed by atoms with E-state index in [1.165, 1.54) is 0 Å². The number of amides is 1. The molecule has 3 rings (SSSR count). The number of esters is 1. The molecule has 0 atom stereocenters. The maximum absolute atomic E-state index is 12.8. The second-order valence-corrected chi connectivity index (χ2v) is 5.83. The Morgan fingerprint density at radius 3 is 2.46 bits per heavy atom. The Hall–Kier alpha value is -3.21. The fourth-order valence-electron chi connectivity index (χ4n) is 2.93. The van der Waals surface area contributed by atoms with Crippen LogP contribution in [0.2, 0.25) is 0 Å². The van der Waals surface area contributed by atoms with E-state index in [-0.39, 0.29) is 19.1 Å². The fourth-order valence-corrected chi connectivity index (χ4v) is 2.93. The van der Waals surface area contributed by atoms with E-state index in [1.54, 1.807) is 6.92 Å². The summed E-state index contributed by atoms with van der Waals surface area (Å²) in [6.07, 6.45) is 0. The van der Waals surface area contributed by atoms with Crippen molar-refractivity contribution in [2.24, 2.45) is 0 Å². The normalized spacial score (nSPS) is 10.5. The van der Waals surface area contributed by atoms with Crippen molar-refractivity contribution in [3.8, 4) is 11.3 Å². The lowest BCUT2D eigenvalue weighted by molar-refractivity contribution is -0.141. The van der Waals surface area contributed by atoms with E-state index in [0.717, 1.165) is 27.7 Å². The molecule has 5 nitrogen and oxygen atoms in total. The van der Waals surface area contributed by atoms with Gasteiger partial charge in [-0.3, -0.25) is 9.59 Å². The maximum Gasteiger partial charge on any atom is 0.325 e. The number of rotatable bonds is 5. The van der Waals surface area contributed by atoms with Crippen LogP contribution in [0.4, 0.5) is 0 Å². The summed E-state index contributed by atoms with van der Waals surface area (Å²) >= 11 is 0. The van der Waals surface area contributed by atoms with Crippen LogP contribution in [0, 0.1) is 6.92 Å². The maximum atomic E-state index is 12.8. The third kappa shape index (κ3) is 3.57. The Kier molecular flexibility index (Phi) is 5.27. The molecule has 5 heteroatoms. The number of pyridine rings is 1. The standard InChI is InChI=1S/C21H20N2O3/c1-3-26-18(24)13-22-21(25)19-14(2)20(15-9-5-4-6-10-15)23-17-12-8-7-11-16(17)19/h4-12H,3,13H2,1-2H3,(H,22,25). The summed E-state index contributed by atoms with van der Waals surface area (Å²) in [6.45, 7) is 3.72. The Labute approximate surface area is 152 Å². The molecule has 0 radical (unpaired) electrons. The average Bonchev–Trinajstić information content (AvgIpc) is 2.66. The zero-order valence-electron chi connectivity index (χ0n) is 14.8. The number of nitrogens with zero attached hydrogens (tertiary/aromatic N) is 1. The second-order valence-electron chi connectivity index (χ2n) is 5.83. The summed E-state index contributed by atoms with van der Waals surface area (Å²) in [5, 5.41) is 3.41. The van der Waals surface area contributed by atoms with Crippen LogP contribution in [-0.4, -0.2) is 30.0 Å². The Morgan fingerprint density at radius 1 is 1.04 bits per heavy atom. The van der Waals surface area contributed by atoms with E-state index in [1.807, 2.05) is 61.5 Å². The predicted octanol–water partition coefficient (Wildman–Crippen LogP) is 3.50. The van der Waals surface area contributed by atoms with E-state index in [0.29, 0.717) is 5.56 Å². The highest BCUT2D eigenvalue weighted by molar-refractivity contribution is 6.09. The van der Waals surface area contributed by atoms with Crippen LogP contribution >= 0.6 is 0 Å². The average molecular weight is 348 g/mol. The third-order valence-electron chi connectivity index (χ3n) is 4.11. The smallest absolute Gasteiger partial charge is 0.325 e. The molecule has 0 spiro atoms. The number of benzene rings is 2. The Balaban J connectivity index is 2.07. The van der Waals surface area contributed by atoms with Gasteiger partial charge in [-0.1, -0.05) is 48.5 Å². The number of carbonyl (C=O) groups is 2. The minimum absolute atomic E-state index is 0.163. The van der Waals surface area contributed by atoms with Crippen LogP contribution in [0.1, 0.15) is 22.8 Å². The SMILES string of the molecule is CCOC(=O)CNC(=O)c1c(C)c(-c2ccccc2)nc2ccccc12. The van der Waals surface area contributed by atoms with Crippen molar-refractivity contribution in [2.75, 3.05) is 13.2 Å². The van der Waals surface area contributed by atoms with Crippen molar-refractivity contribution in [1.29, 1.82) is 0 Å². The molecule has 132 valence electrons. The van der Waals surface area contributed by atoms with E-state index < -0.39 is 5.97 Å². The van der Waals surface area contributed by atoms with Crippen LogP contribution in [0.15, 0.2) is 54.6 Å². The minimum Gasteiger partial charge on any atom is -0.465 e. The number of nitrogens with one attached hydrogen (secondary N) is 1. The molecule has 1 aromatic heterocycles. The molecule has 0 aliphatic rings. The molecular formula is C21H20N2O3. The molecule has 1 amide bonds. The first-order chi connectivity index (χ1) is 12.6. The summed E-state index contributed by atoms with van der Waals surface area (Å²) < 4.78 is 4.87. The van der Waals surface area contributed by atoms with Crippen LogP contribution < -0.4 is 5.32 Å². The zero-order chi connectivity index (χ0) is 18.5. The highest BCUT2D eigenvalue weighted by Crippen LogP contribution is 2.29. The molecule has 0 fully saturated rings. The Bertz CT molecular complexity index is 952. The van der Waals surface area contributed by atoms with E-state index in [9.17, 15) is 9.59 Å². The summed E-state index contributed by atoms with van der Waals surface area (Å²) in [7, 11) is 0. The third-order valence-corrected chi connectivity index (χ3v) is 4.11. The van der Waals surface area contributed by atoms with E-state index in [4.69, 9.17) is 9.72 Å². The van der Waals surface area contributed by atoms with Crippen LogP contribution in [-0.2, 0) is 9.53 Å². The molecule has 0 aliphatic carbocycles. The van der Waals surface area contributed by atoms with E-state index in [2.05, 4.69) is 5.32 Å². The summed E-state index contributed by atoms with van der Waals surface area (Å²) in [6, 6.07) is 17.2. The van der Waals surface area contributed by atoms with Crippen LogP contribution in [0.25, 0.3) is 22.2 Å². The number of hydrogen-bond donors (Lipinski definition) is 1. The number of ether oxygens (including phenoxy) is 1. The fraction of sp³-hybridized carbons (Fsp3) is 0.190. The van der Waals surface area contributed by atoms with Gasteiger partial charge in [-0.15, -0.1) is 0 Å². The molecular weight excluding hydrogens is 328 g/mol. The molecule has 0 unspecified atom stereocenters. The first-order valence-electron chi connectivity index (χ1n) is 8.50. The lowest BCUT2D eigenvalue weighted by Crippen LogP contribution is -2.31. The van der Waals surface area contributed by atoms with Gasteiger partial charge in [0.15, 0.2) is 0 Å². The van der Waals surface area contributed by atoms with Crippen molar-refractivity contribution in [3.63, 3.8) is 0 Å². The number of hydrogen-bond acceptors (Lipinski definition) is 4. The van der Waals surface area contributed by atoms with Crippen molar-refractivity contribution in [1.82, 2.24) is 10.3 Å². The number of aromatic nitrogens is 1. The molecule has 0 bridgehead atoms. The van der Waals surface area contributed by atoms with Gasteiger partial charge in [0.25, 0.3) is 5.91 Å². The number of fused-ring (bicyclic) bond motifs is 1. The summed E-state index contributed by atoms with van der Waals surface area (Å²) in [4.78, 5) is 29.1. The summed E-state index contributed by atoms with van der Waals surface area (Å²) in [5.74, 6) is -0.772. The molecule has 0 saturated heterocycles. The minimum atomic E-state index is -0.458. The first-order valence-corrected chi connectivity index (χ1v) is 8.50. The molecule has 0 saturated carbocycles. The Morgan fingerprint density at radius 2 is 1.73 bits per heavy atom. The molecule has 1 N–H and O–H groups in total. The highest BCUT2D eigenvalue weighted by Gasteiger charge is 2.19. The lowest BCUT2D eigenvalue weighted by Gasteiger charge is -2.14. The van der Waals surface area contributed by atoms with Crippen molar-refractivity contribution >= 4 is 22.8 Å². The highest BCUT2D eigenvalue weighted by atomic mass is 16.5. The molecule has 26 heavy (non-hydrogen) atoms. The van der Waals surface area contributed by atoms with Crippen LogP contribution in [0.3, 0.4) is 0 Å². The van der Waals surface area contributed by atoms with Crippen LogP contribution in [0.5, 0.6) is 0 Å². The molecule has 1 heterocycles. The van der Waals surface area contributed by atoms with Gasteiger partial charge in [0.05, 0.1) is 23.4 Å². The van der Waals surface area contributed by atoms with Gasteiger partial charge < -0.3 is 10.1 Å². The van der Waals surface area contributed by atoms with Crippen molar-refractivity contribution in [2.45, 2.75) is 13.8 Å². The van der Waals surface area contributed by atoms with Crippen molar-refractivity contribution in [3.05, 3.63) is 65.7 Å². The monoisotopic (exact) mass is 348 g/mol. The molecule has 2 aromatic carbocycles. The van der Waals surface area contributed by atoms with Gasteiger partial charge in [-0.25, -0.2) is 4.98 Å². The lowest BCUT2D eigenvalue weighted by atomic mass is 9.97. The van der Waals surface area contributed by atoms with Crippen molar-refractivity contribution < 1.29 is 14.3 Å². The predicted molar refractivity (Wildman–Crippen MR) is 101 cm³/mol. The van der Waals surface area contributed by atoms with Gasteiger partial charge >= 0.3 is 5.97 Å². The molecule has 3 aromatic rings. The number of para-hydroxylation sites is 1. The first kappa shape index (κ1) is 17.6. The molecule has 0 aliphatic heterocycles. The quantitative estimate of drug-likeness (QED) is 0.717. The number of carbonyl (C=O) groups excluding carboxylic acids is 2. The van der Waals surface area contributed by atoms with Gasteiger partial charge in [0, 0.05) is 10.9 Å². The van der Waals surface area contributed by atoms with Gasteiger partial charge in [0.1, 0.15) is 6.54 Å². The van der Waals surface area contributed by atoms with Gasteiger partial charge in [-0.05, 0) is 25.5 Å². The summed E-state index contributed by atoms with van der Waals surface area (Å²) in [5.41, 5.74) is 3.73. The second kappa shape index (κ2) is 7.78. The van der Waals surface area contributed by atoms with Gasteiger partial charge in [-0.2, -0.15) is 0 Å². The van der Waals surface area contributed by atoms with Gasteiger partial charge in [0.2, 0.25) is 0 Å².